The lowest BCUT2D eigenvalue weighted by molar-refractivity contribution is -0.138. The minimum Gasteiger partial charge on any atom is -0.480 e. The van der Waals surface area contributed by atoms with E-state index in [0.29, 0.717) is 18.1 Å². The zero-order valence-electron chi connectivity index (χ0n) is 13.8. The van der Waals surface area contributed by atoms with Gasteiger partial charge in [0.05, 0.1) is 0 Å². The summed E-state index contributed by atoms with van der Waals surface area (Å²) in [5, 5.41) is 12.6. The van der Waals surface area contributed by atoms with E-state index >= 15 is 0 Å². The molecule has 0 saturated carbocycles. The molecule has 2 aromatic rings. The van der Waals surface area contributed by atoms with Gasteiger partial charge in [0.1, 0.15) is 11.9 Å². The van der Waals surface area contributed by atoms with E-state index < -0.39 is 12.0 Å². The van der Waals surface area contributed by atoms with Crippen molar-refractivity contribution in [1.29, 1.82) is 0 Å². The molecule has 24 heavy (non-hydrogen) atoms. The standard InChI is InChI=1S/C18H22N4O2/c1-2-3-8-15(18(23)24)21-17-13-7-4-9-14(13)20-16(22-17)12-6-5-10-19-11-12/h5-6,10-11,15H,2-4,7-9H2,1H3,(H,23,24)(H,20,21,22)/t15-/m0/s1. The summed E-state index contributed by atoms with van der Waals surface area (Å²) in [6.45, 7) is 2.06. The van der Waals surface area contributed by atoms with Crippen LogP contribution in [0.2, 0.25) is 0 Å². The van der Waals surface area contributed by atoms with Crippen LogP contribution >= 0.6 is 0 Å². The maximum atomic E-state index is 11.5. The number of fused-ring (bicyclic) bond motifs is 1. The van der Waals surface area contributed by atoms with E-state index in [1.54, 1.807) is 12.4 Å². The number of unbranched alkanes of at least 4 members (excludes halogenated alkanes) is 1. The van der Waals surface area contributed by atoms with E-state index in [9.17, 15) is 9.90 Å². The first-order valence-corrected chi connectivity index (χ1v) is 8.48. The van der Waals surface area contributed by atoms with Gasteiger partial charge in [0.2, 0.25) is 0 Å². The first kappa shape index (κ1) is 16.4. The number of aryl methyl sites for hydroxylation is 1. The molecule has 0 amide bonds. The van der Waals surface area contributed by atoms with E-state index in [1.165, 1.54) is 0 Å². The third-order valence-electron chi connectivity index (χ3n) is 4.31. The third kappa shape index (κ3) is 3.53. The Morgan fingerprint density at radius 2 is 2.25 bits per heavy atom. The molecule has 0 spiro atoms. The van der Waals surface area contributed by atoms with Crippen LogP contribution in [-0.4, -0.2) is 32.1 Å². The normalized spacial score (nSPS) is 14.2. The number of hydrogen-bond acceptors (Lipinski definition) is 5. The number of rotatable bonds is 7. The highest BCUT2D eigenvalue weighted by Crippen LogP contribution is 2.29. The molecule has 6 nitrogen and oxygen atoms in total. The van der Waals surface area contributed by atoms with Gasteiger partial charge in [-0.1, -0.05) is 19.8 Å². The topological polar surface area (TPSA) is 88.0 Å². The van der Waals surface area contributed by atoms with Crippen LogP contribution in [0.3, 0.4) is 0 Å². The van der Waals surface area contributed by atoms with Gasteiger partial charge in [-0.25, -0.2) is 14.8 Å². The summed E-state index contributed by atoms with van der Waals surface area (Å²) in [7, 11) is 0. The largest absolute Gasteiger partial charge is 0.480 e. The van der Waals surface area contributed by atoms with Crippen LogP contribution < -0.4 is 5.32 Å². The van der Waals surface area contributed by atoms with Gasteiger partial charge in [0.25, 0.3) is 0 Å². The number of pyridine rings is 1. The second kappa shape index (κ2) is 7.38. The Bertz CT molecular complexity index is 718. The highest BCUT2D eigenvalue weighted by molar-refractivity contribution is 5.77. The predicted molar refractivity (Wildman–Crippen MR) is 91.9 cm³/mol. The van der Waals surface area contributed by atoms with Gasteiger partial charge in [0.15, 0.2) is 5.82 Å². The van der Waals surface area contributed by atoms with Crippen molar-refractivity contribution in [2.45, 2.75) is 51.5 Å². The highest BCUT2D eigenvalue weighted by atomic mass is 16.4. The van der Waals surface area contributed by atoms with Crippen LogP contribution in [0, 0.1) is 0 Å². The average Bonchev–Trinajstić information content (AvgIpc) is 3.07. The Balaban J connectivity index is 1.94. The molecule has 2 aromatic heterocycles. The van der Waals surface area contributed by atoms with Crippen molar-refractivity contribution in [1.82, 2.24) is 15.0 Å². The molecular weight excluding hydrogens is 304 g/mol. The quantitative estimate of drug-likeness (QED) is 0.813. The van der Waals surface area contributed by atoms with Crippen molar-refractivity contribution in [2.75, 3.05) is 5.32 Å². The lowest BCUT2D eigenvalue weighted by Crippen LogP contribution is -2.30. The molecule has 3 rings (SSSR count). The van der Waals surface area contributed by atoms with Crippen LogP contribution in [0.15, 0.2) is 24.5 Å². The van der Waals surface area contributed by atoms with Gasteiger partial charge in [0, 0.05) is 29.2 Å². The van der Waals surface area contributed by atoms with Gasteiger partial charge in [-0.3, -0.25) is 4.98 Å². The molecule has 2 N–H and O–H groups in total. The fourth-order valence-corrected chi connectivity index (χ4v) is 3.01. The van der Waals surface area contributed by atoms with Crippen molar-refractivity contribution in [3.8, 4) is 11.4 Å². The van der Waals surface area contributed by atoms with Gasteiger partial charge in [-0.05, 0) is 37.8 Å². The van der Waals surface area contributed by atoms with E-state index in [-0.39, 0.29) is 0 Å². The lowest BCUT2D eigenvalue weighted by atomic mass is 10.1. The molecule has 0 aromatic carbocycles. The van der Waals surface area contributed by atoms with Crippen molar-refractivity contribution in [2.24, 2.45) is 0 Å². The molecule has 126 valence electrons. The minimum absolute atomic E-state index is 0.590. The summed E-state index contributed by atoms with van der Waals surface area (Å²) in [6.07, 6.45) is 8.70. The Morgan fingerprint density at radius 3 is 2.96 bits per heavy atom. The van der Waals surface area contributed by atoms with Crippen molar-refractivity contribution >= 4 is 11.8 Å². The Morgan fingerprint density at radius 1 is 1.38 bits per heavy atom. The molecule has 0 radical (unpaired) electrons. The summed E-state index contributed by atoms with van der Waals surface area (Å²) in [5.41, 5.74) is 2.92. The zero-order valence-corrected chi connectivity index (χ0v) is 13.8. The maximum absolute atomic E-state index is 11.5. The molecule has 1 atom stereocenters. The SMILES string of the molecule is CCCC[C@H](Nc1nc(-c2cccnc2)nc2c1CCC2)C(=O)O. The fraction of sp³-hybridized carbons (Fsp3) is 0.444. The van der Waals surface area contributed by atoms with E-state index in [0.717, 1.165) is 48.9 Å². The Hall–Kier alpha value is -2.50. The molecular formula is C18H22N4O2. The summed E-state index contributed by atoms with van der Waals surface area (Å²) in [5.74, 6) is 0.433. The maximum Gasteiger partial charge on any atom is 0.326 e. The fourth-order valence-electron chi connectivity index (χ4n) is 3.01. The molecule has 6 heteroatoms. The summed E-state index contributed by atoms with van der Waals surface area (Å²) >= 11 is 0. The van der Waals surface area contributed by atoms with Gasteiger partial charge >= 0.3 is 5.97 Å². The number of carboxylic acids is 1. The van der Waals surface area contributed by atoms with E-state index in [2.05, 4.69) is 27.2 Å². The molecule has 0 unspecified atom stereocenters. The number of carboxylic acid groups (broad SMARTS) is 1. The lowest BCUT2D eigenvalue weighted by Gasteiger charge is -2.18. The van der Waals surface area contributed by atoms with Gasteiger partial charge in [-0.2, -0.15) is 0 Å². The first-order chi connectivity index (χ1) is 11.7. The minimum atomic E-state index is -0.836. The molecule has 2 heterocycles. The predicted octanol–water partition coefficient (Wildman–Crippen LogP) is 3.08. The molecule has 0 bridgehead atoms. The number of aromatic nitrogens is 3. The molecule has 1 aliphatic carbocycles. The highest BCUT2D eigenvalue weighted by Gasteiger charge is 2.24. The van der Waals surface area contributed by atoms with Crippen LogP contribution in [-0.2, 0) is 17.6 Å². The second-order valence-electron chi connectivity index (χ2n) is 6.09. The van der Waals surface area contributed by atoms with Crippen molar-refractivity contribution in [3.05, 3.63) is 35.8 Å². The van der Waals surface area contributed by atoms with Crippen molar-refractivity contribution < 1.29 is 9.90 Å². The monoisotopic (exact) mass is 326 g/mol. The number of hydrogen-bond donors (Lipinski definition) is 2. The Labute approximate surface area is 141 Å². The summed E-state index contributed by atoms with van der Waals surface area (Å²) < 4.78 is 0. The van der Waals surface area contributed by atoms with Crippen LogP contribution in [0.25, 0.3) is 11.4 Å². The molecule has 1 aliphatic rings. The number of carbonyl (C=O) groups is 1. The molecule has 0 saturated heterocycles. The van der Waals surface area contributed by atoms with Crippen molar-refractivity contribution in [3.63, 3.8) is 0 Å². The van der Waals surface area contributed by atoms with Crippen LogP contribution in [0.5, 0.6) is 0 Å². The average molecular weight is 326 g/mol. The first-order valence-electron chi connectivity index (χ1n) is 8.48. The summed E-state index contributed by atoms with van der Waals surface area (Å²) in [6, 6.07) is 3.14. The second-order valence-corrected chi connectivity index (χ2v) is 6.09. The molecule has 0 aliphatic heterocycles. The zero-order chi connectivity index (χ0) is 16.9. The van der Waals surface area contributed by atoms with Gasteiger partial charge in [-0.15, -0.1) is 0 Å². The third-order valence-corrected chi connectivity index (χ3v) is 4.31. The van der Waals surface area contributed by atoms with E-state index in [4.69, 9.17) is 0 Å². The van der Waals surface area contributed by atoms with Crippen LogP contribution in [0.4, 0.5) is 5.82 Å². The summed E-state index contributed by atoms with van der Waals surface area (Å²) in [4.78, 5) is 24.9. The molecule has 0 fully saturated rings. The smallest absolute Gasteiger partial charge is 0.326 e. The number of anilines is 1. The van der Waals surface area contributed by atoms with E-state index in [1.807, 2.05) is 12.1 Å². The number of aliphatic carboxylic acids is 1. The Kier molecular flexibility index (Phi) is 5.03. The van der Waals surface area contributed by atoms with Crippen LogP contribution in [0.1, 0.15) is 43.9 Å². The number of nitrogens with zero attached hydrogens (tertiary/aromatic N) is 3. The number of nitrogens with one attached hydrogen (secondary N) is 1. The van der Waals surface area contributed by atoms with Gasteiger partial charge < -0.3 is 10.4 Å².